The number of carbonyl (C=O) groups excluding carboxylic acids is 2. The van der Waals surface area contributed by atoms with Crippen molar-refractivity contribution in [2.75, 3.05) is 40.9 Å². The smallest absolute Gasteiger partial charge is 0.306 e. The zero-order chi connectivity index (χ0) is 55.7. The lowest BCUT2D eigenvalue weighted by molar-refractivity contribution is -0.870. The summed E-state index contributed by atoms with van der Waals surface area (Å²) in [6.07, 6.45) is 67.2. The molecule has 0 saturated carbocycles. The minimum absolute atomic E-state index is 0.0207. The van der Waals surface area contributed by atoms with Crippen molar-refractivity contribution < 1.29 is 37.3 Å². The standard InChI is InChI=1S/C66H129N2O7P/c1-7-10-13-16-19-22-25-28-30-31-32-33-34-35-36-37-38-40-43-46-49-52-55-58-65(69)67-63(62-74-76(71,72)73-61-60-68(4,5)6)64(57-54-51-48-45-42-39-27-24-21-18-15-12-9-3)75-66(70)59-56-53-50-47-44-41-29-26-23-20-17-14-11-8-2/h41,44,54,57,63-64H,7-40,42-43,45-53,55-56,58-62H2,1-6H3,(H-,67,69,71,72)/b44-41-,57-54-. The summed E-state index contributed by atoms with van der Waals surface area (Å²) in [6.45, 7) is 6.88. The van der Waals surface area contributed by atoms with Gasteiger partial charge in [0.25, 0.3) is 7.82 Å². The molecule has 0 radical (unpaired) electrons. The Bertz CT molecular complexity index is 1350. The van der Waals surface area contributed by atoms with Crippen LogP contribution in [-0.4, -0.2) is 69.4 Å². The highest BCUT2D eigenvalue weighted by atomic mass is 31.2. The van der Waals surface area contributed by atoms with E-state index in [1.54, 1.807) is 0 Å². The van der Waals surface area contributed by atoms with Gasteiger partial charge in [-0.3, -0.25) is 14.2 Å². The number of carbonyl (C=O) groups is 2. The Hall–Kier alpha value is -1.51. The SMILES string of the molecule is CCCCCCCCC/C=C\CCCCCC(=O)OC(/C=C\CCCCCCCCCCCCC)C(COP(=O)([O-])OCC[N+](C)(C)C)NC(=O)CCCCCCCCCCCCCCCCCCCCCCCCC. The van der Waals surface area contributed by atoms with Crippen LogP contribution in [-0.2, 0) is 27.9 Å². The highest BCUT2D eigenvalue weighted by Crippen LogP contribution is 2.38. The second-order valence-corrected chi connectivity index (χ2v) is 25.4. The number of phosphoric ester groups is 1. The minimum atomic E-state index is -4.70. The van der Waals surface area contributed by atoms with Gasteiger partial charge in [0.1, 0.15) is 19.3 Å². The highest BCUT2D eigenvalue weighted by molar-refractivity contribution is 7.45. The summed E-state index contributed by atoms with van der Waals surface area (Å²) >= 11 is 0. The number of allylic oxidation sites excluding steroid dienone is 3. The second kappa shape index (κ2) is 56.8. The zero-order valence-corrected chi connectivity index (χ0v) is 52.4. The third-order valence-electron chi connectivity index (χ3n) is 15.1. The number of hydrogen-bond acceptors (Lipinski definition) is 7. The molecule has 0 spiro atoms. The fourth-order valence-corrected chi connectivity index (χ4v) is 10.7. The Morgan fingerprint density at radius 2 is 0.763 bits per heavy atom. The lowest BCUT2D eigenvalue weighted by atomic mass is 10.0. The molecule has 0 aromatic carbocycles. The first-order valence-corrected chi connectivity index (χ1v) is 34.6. The van der Waals surface area contributed by atoms with Crippen LogP contribution >= 0.6 is 7.82 Å². The summed E-state index contributed by atoms with van der Waals surface area (Å²) in [5, 5.41) is 3.04. The molecule has 0 fully saturated rings. The summed E-state index contributed by atoms with van der Waals surface area (Å²) in [5.74, 6) is -0.541. The van der Waals surface area contributed by atoms with E-state index in [2.05, 4.69) is 38.2 Å². The van der Waals surface area contributed by atoms with Crippen molar-refractivity contribution in [3.8, 4) is 0 Å². The molecule has 0 aromatic heterocycles. The number of hydrogen-bond donors (Lipinski definition) is 1. The van der Waals surface area contributed by atoms with Gasteiger partial charge in [0.05, 0.1) is 33.8 Å². The van der Waals surface area contributed by atoms with E-state index in [0.29, 0.717) is 23.9 Å². The molecule has 1 N–H and O–H groups in total. The minimum Gasteiger partial charge on any atom is -0.756 e. The van der Waals surface area contributed by atoms with E-state index >= 15 is 0 Å². The molecule has 3 unspecified atom stereocenters. The maximum atomic E-state index is 13.6. The normalized spacial score (nSPS) is 13.7. The molecule has 0 aromatic rings. The molecule has 450 valence electrons. The predicted molar refractivity (Wildman–Crippen MR) is 326 cm³/mol. The highest BCUT2D eigenvalue weighted by Gasteiger charge is 2.27. The van der Waals surface area contributed by atoms with Gasteiger partial charge in [-0.25, -0.2) is 0 Å². The van der Waals surface area contributed by atoms with Crippen LogP contribution in [0.25, 0.3) is 0 Å². The van der Waals surface area contributed by atoms with Crippen molar-refractivity contribution in [1.29, 1.82) is 0 Å². The van der Waals surface area contributed by atoms with Crippen LogP contribution in [0.1, 0.15) is 335 Å². The van der Waals surface area contributed by atoms with Gasteiger partial charge >= 0.3 is 5.97 Å². The predicted octanol–water partition coefficient (Wildman–Crippen LogP) is 19.9. The summed E-state index contributed by atoms with van der Waals surface area (Å²) in [5.41, 5.74) is 0. The number of nitrogens with one attached hydrogen (secondary N) is 1. The largest absolute Gasteiger partial charge is 0.756 e. The molecule has 0 aliphatic heterocycles. The van der Waals surface area contributed by atoms with Crippen LogP contribution in [0.3, 0.4) is 0 Å². The molecule has 0 saturated heterocycles. The van der Waals surface area contributed by atoms with Gasteiger partial charge in [-0.05, 0) is 57.4 Å². The monoisotopic (exact) mass is 1090 g/mol. The van der Waals surface area contributed by atoms with Gasteiger partial charge < -0.3 is 28.5 Å². The zero-order valence-electron chi connectivity index (χ0n) is 51.5. The van der Waals surface area contributed by atoms with Crippen LogP contribution in [0, 0.1) is 0 Å². The summed E-state index contributed by atoms with van der Waals surface area (Å²) in [7, 11) is 1.20. The van der Waals surface area contributed by atoms with Crippen molar-refractivity contribution in [1.82, 2.24) is 5.32 Å². The molecule has 10 heteroatoms. The molecule has 0 aliphatic carbocycles. The molecule has 3 atom stereocenters. The molecule has 0 heterocycles. The Morgan fingerprint density at radius 3 is 1.13 bits per heavy atom. The van der Waals surface area contributed by atoms with Crippen molar-refractivity contribution in [2.45, 2.75) is 348 Å². The van der Waals surface area contributed by atoms with E-state index in [1.165, 1.54) is 231 Å². The average Bonchev–Trinajstić information content (AvgIpc) is 3.38. The van der Waals surface area contributed by atoms with Crippen molar-refractivity contribution >= 4 is 19.7 Å². The maximum Gasteiger partial charge on any atom is 0.306 e. The number of esters is 1. The van der Waals surface area contributed by atoms with Crippen molar-refractivity contribution in [2.24, 2.45) is 0 Å². The van der Waals surface area contributed by atoms with Crippen LogP contribution < -0.4 is 10.2 Å². The van der Waals surface area contributed by atoms with Crippen molar-refractivity contribution in [3.05, 3.63) is 24.3 Å². The van der Waals surface area contributed by atoms with Gasteiger partial charge in [0, 0.05) is 12.8 Å². The number of likely N-dealkylation sites (N-methyl/N-ethyl adjacent to an activating group) is 1. The van der Waals surface area contributed by atoms with Gasteiger partial charge in [0.15, 0.2) is 0 Å². The first-order valence-electron chi connectivity index (χ1n) is 33.1. The van der Waals surface area contributed by atoms with E-state index in [4.69, 9.17) is 13.8 Å². The van der Waals surface area contributed by atoms with Gasteiger partial charge in [-0.15, -0.1) is 0 Å². The Labute approximate surface area is 473 Å². The molecule has 0 bridgehead atoms. The molecular weight excluding hydrogens is 964 g/mol. The first-order chi connectivity index (χ1) is 36.9. The lowest BCUT2D eigenvalue weighted by Crippen LogP contribution is -2.47. The fourth-order valence-electron chi connectivity index (χ4n) is 9.99. The summed E-state index contributed by atoms with van der Waals surface area (Å²) in [4.78, 5) is 40.0. The van der Waals surface area contributed by atoms with Gasteiger partial charge in [-0.2, -0.15) is 0 Å². The van der Waals surface area contributed by atoms with Crippen LogP contribution in [0.2, 0.25) is 0 Å². The number of amides is 1. The number of unbranched alkanes of at least 4 members (excludes halogenated alkanes) is 43. The molecule has 0 aliphatic rings. The van der Waals surface area contributed by atoms with Crippen LogP contribution in [0.4, 0.5) is 0 Å². The van der Waals surface area contributed by atoms with Gasteiger partial charge in [0.2, 0.25) is 5.91 Å². The Balaban J connectivity index is 5.12. The number of rotatable bonds is 61. The van der Waals surface area contributed by atoms with Crippen LogP contribution in [0.5, 0.6) is 0 Å². The molecule has 76 heavy (non-hydrogen) atoms. The Morgan fingerprint density at radius 1 is 0.447 bits per heavy atom. The quantitative estimate of drug-likeness (QED) is 0.0212. The molecule has 1 amide bonds. The number of nitrogens with zero attached hydrogens (tertiary/aromatic N) is 1. The Kier molecular flexibility index (Phi) is 55.6. The van der Waals surface area contributed by atoms with E-state index in [9.17, 15) is 19.0 Å². The second-order valence-electron chi connectivity index (χ2n) is 24.0. The van der Waals surface area contributed by atoms with E-state index < -0.39 is 20.0 Å². The summed E-state index contributed by atoms with van der Waals surface area (Å²) < 4.78 is 30.4. The maximum absolute atomic E-state index is 13.6. The fraction of sp³-hybridized carbons (Fsp3) is 0.909. The molecule has 9 nitrogen and oxygen atoms in total. The van der Waals surface area contributed by atoms with Gasteiger partial charge in [-0.1, -0.05) is 289 Å². The average molecular weight is 1090 g/mol. The van der Waals surface area contributed by atoms with Crippen LogP contribution in [0.15, 0.2) is 24.3 Å². The van der Waals surface area contributed by atoms with Crippen molar-refractivity contribution in [3.63, 3.8) is 0 Å². The third kappa shape index (κ3) is 57.2. The van der Waals surface area contributed by atoms with E-state index in [1.807, 2.05) is 33.3 Å². The number of phosphoric acid groups is 1. The third-order valence-corrected chi connectivity index (χ3v) is 16.1. The van der Waals surface area contributed by atoms with E-state index in [-0.39, 0.29) is 31.5 Å². The number of quaternary nitrogens is 1. The molecular formula is C66H129N2O7P. The lowest BCUT2D eigenvalue weighted by Gasteiger charge is -2.30. The molecule has 0 rings (SSSR count). The summed E-state index contributed by atoms with van der Waals surface area (Å²) in [6, 6.07) is -0.889. The number of ether oxygens (including phenoxy) is 1. The topological polar surface area (TPSA) is 114 Å². The van der Waals surface area contributed by atoms with E-state index in [0.717, 1.165) is 64.2 Å². The first kappa shape index (κ1) is 74.5.